The zero-order chi connectivity index (χ0) is 34.7. The molecule has 2 heterocycles. The van der Waals surface area contributed by atoms with Crippen LogP contribution in [0.25, 0.3) is 22.3 Å². The molecule has 262 valence electrons. The molecule has 2 aliphatic heterocycles. The summed E-state index contributed by atoms with van der Waals surface area (Å²) in [5.74, 6) is -0.118. The summed E-state index contributed by atoms with van der Waals surface area (Å²) in [6, 6.07) is 31.7. The molecule has 6 rings (SSSR count). The fourth-order valence-corrected chi connectivity index (χ4v) is 5.51. The lowest BCUT2D eigenvalue weighted by molar-refractivity contribution is -0.140. The minimum atomic E-state index is -0.490. The largest absolute Gasteiger partial charge is 0.427 e. The van der Waals surface area contributed by atoms with Gasteiger partial charge in [0, 0.05) is 0 Å². The van der Waals surface area contributed by atoms with E-state index in [9.17, 15) is 9.59 Å². The van der Waals surface area contributed by atoms with Crippen molar-refractivity contribution >= 4 is 11.9 Å². The zero-order valence-electron chi connectivity index (χ0n) is 28.9. The van der Waals surface area contributed by atoms with E-state index >= 15 is 0 Å². The molecule has 0 bridgehead atoms. The van der Waals surface area contributed by atoms with Crippen molar-refractivity contribution in [1.29, 1.82) is 0 Å². The maximum atomic E-state index is 12.4. The van der Waals surface area contributed by atoms with E-state index in [1.165, 1.54) is 11.1 Å². The first-order chi connectivity index (χ1) is 24.4. The highest BCUT2D eigenvalue weighted by atomic mass is 16.6. The van der Waals surface area contributed by atoms with Gasteiger partial charge in [0.1, 0.15) is 23.7 Å². The smallest absolute Gasteiger partial charge is 0.311 e. The molecule has 4 atom stereocenters. The third-order valence-electron chi connectivity index (χ3n) is 8.90. The van der Waals surface area contributed by atoms with Gasteiger partial charge in [-0.3, -0.25) is 9.59 Å². The molecule has 4 aromatic carbocycles. The average Bonchev–Trinajstić information content (AvgIpc) is 4.08. The fourth-order valence-electron chi connectivity index (χ4n) is 5.51. The highest BCUT2D eigenvalue weighted by Gasteiger charge is 2.24. The van der Waals surface area contributed by atoms with Crippen LogP contribution in [0.3, 0.4) is 0 Å². The molecule has 0 N–H and O–H groups in total. The molecule has 0 spiro atoms. The summed E-state index contributed by atoms with van der Waals surface area (Å²) in [4.78, 5) is 24.9. The molecule has 0 aromatic heterocycles. The molecular formula is C42H46O8. The first-order valence-corrected chi connectivity index (χ1v) is 17.6. The standard InChI is InChI=1S/C42H46O8/c1-29(45-25-39-27-47-39)3-5-31-7-11-33(12-8-31)35-15-19-37(20-16-35)49-41(43)23-24-42(44)50-38-21-17-36(18-22-38)34-13-9-32(10-14-34)6-4-30(2)46-26-40-28-48-40/h7-22,29-30,39-40H,3-6,23-28H2,1-2H3. The number of rotatable bonds is 19. The molecule has 8 nitrogen and oxygen atoms in total. The Hall–Kier alpha value is -4.34. The van der Waals surface area contributed by atoms with Crippen LogP contribution in [0.15, 0.2) is 97.1 Å². The van der Waals surface area contributed by atoms with Gasteiger partial charge in [0.2, 0.25) is 0 Å². The molecule has 8 heteroatoms. The van der Waals surface area contributed by atoms with Crippen LogP contribution in [0.5, 0.6) is 11.5 Å². The van der Waals surface area contributed by atoms with Crippen LogP contribution in [-0.2, 0) is 41.4 Å². The summed E-state index contributed by atoms with van der Waals surface area (Å²) in [6.45, 7) is 7.20. The second kappa shape index (κ2) is 17.5. The van der Waals surface area contributed by atoms with Gasteiger partial charge < -0.3 is 28.4 Å². The zero-order valence-corrected chi connectivity index (χ0v) is 28.9. The molecule has 2 aliphatic rings. The van der Waals surface area contributed by atoms with Crippen LogP contribution < -0.4 is 9.47 Å². The van der Waals surface area contributed by atoms with Crippen molar-refractivity contribution in [3.63, 3.8) is 0 Å². The molecule has 4 unspecified atom stereocenters. The van der Waals surface area contributed by atoms with Crippen LogP contribution in [0.2, 0.25) is 0 Å². The van der Waals surface area contributed by atoms with Crippen molar-refractivity contribution in [2.24, 2.45) is 0 Å². The van der Waals surface area contributed by atoms with E-state index in [2.05, 4.69) is 62.4 Å². The lowest BCUT2D eigenvalue weighted by Crippen LogP contribution is -2.14. The van der Waals surface area contributed by atoms with Crippen molar-refractivity contribution in [3.8, 4) is 33.8 Å². The van der Waals surface area contributed by atoms with E-state index in [0.717, 1.165) is 61.2 Å². The van der Waals surface area contributed by atoms with Crippen LogP contribution in [0.4, 0.5) is 0 Å². The topological polar surface area (TPSA) is 96.1 Å². The number of aryl methyl sites for hydroxylation is 2. The molecule has 2 fully saturated rings. The average molecular weight is 679 g/mol. The fraction of sp³-hybridized carbons (Fsp3) is 0.381. The van der Waals surface area contributed by atoms with Crippen LogP contribution in [0, 0.1) is 0 Å². The lowest BCUT2D eigenvalue weighted by Gasteiger charge is -2.12. The maximum absolute atomic E-state index is 12.4. The van der Waals surface area contributed by atoms with Crippen LogP contribution >= 0.6 is 0 Å². The van der Waals surface area contributed by atoms with Gasteiger partial charge in [-0.15, -0.1) is 0 Å². The van der Waals surface area contributed by atoms with E-state index in [-0.39, 0.29) is 25.0 Å². The molecule has 4 aromatic rings. The Labute approximate surface area is 294 Å². The van der Waals surface area contributed by atoms with Gasteiger partial charge in [0.05, 0.1) is 51.5 Å². The Morgan fingerprint density at radius 3 is 1.20 bits per heavy atom. The van der Waals surface area contributed by atoms with Crippen molar-refractivity contribution in [2.45, 2.75) is 76.8 Å². The number of epoxide rings is 2. The molecule has 50 heavy (non-hydrogen) atoms. The van der Waals surface area contributed by atoms with E-state index in [1.807, 2.05) is 24.3 Å². The Bertz CT molecular complexity index is 1530. The predicted octanol–water partition coefficient (Wildman–Crippen LogP) is 7.78. The van der Waals surface area contributed by atoms with Crippen molar-refractivity contribution in [1.82, 2.24) is 0 Å². The Kier molecular flexibility index (Phi) is 12.5. The van der Waals surface area contributed by atoms with Gasteiger partial charge in [-0.1, -0.05) is 72.8 Å². The first kappa shape index (κ1) is 35.5. The summed E-state index contributed by atoms with van der Waals surface area (Å²) in [6.07, 6.45) is 4.64. The number of ether oxygens (including phenoxy) is 6. The van der Waals surface area contributed by atoms with Crippen molar-refractivity contribution in [3.05, 3.63) is 108 Å². The number of benzene rings is 4. The number of hydrogen-bond acceptors (Lipinski definition) is 8. The minimum Gasteiger partial charge on any atom is -0.427 e. The quantitative estimate of drug-likeness (QED) is 0.0564. The van der Waals surface area contributed by atoms with Crippen molar-refractivity contribution in [2.75, 3.05) is 26.4 Å². The van der Waals surface area contributed by atoms with Gasteiger partial charge in [-0.2, -0.15) is 0 Å². The number of carbonyl (C=O) groups excluding carboxylic acids is 2. The predicted molar refractivity (Wildman–Crippen MR) is 191 cm³/mol. The highest BCUT2D eigenvalue weighted by molar-refractivity contribution is 5.80. The van der Waals surface area contributed by atoms with Gasteiger partial charge in [-0.25, -0.2) is 0 Å². The number of carbonyl (C=O) groups is 2. The molecule has 2 saturated heterocycles. The van der Waals surface area contributed by atoms with E-state index in [0.29, 0.717) is 36.9 Å². The Morgan fingerprint density at radius 2 is 0.880 bits per heavy atom. The molecular weight excluding hydrogens is 632 g/mol. The summed E-state index contributed by atoms with van der Waals surface area (Å²) in [7, 11) is 0. The summed E-state index contributed by atoms with van der Waals surface area (Å²) in [5.41, 5.74) is 6.73. The Balaban J connectivity index is 0.881. The number of esters is 2. The third-order valence-corrected chi connectivity index (χ3v) is 8.90. The van der Waals surface area contributed by atoms with Crippen molar-refractivity contribution < 1.29 is 38.0 Å². The molecule has 0 radical (unpaired) electrons. The third kappa shape index (κ3) is 11.6. The highest BCUT2D eigenvalue weighted by Crippen LogP contribution is 2.26. The van der Waals surface area contributed by atoms with Gasteiger partial charge in [0.25, 0.3) is 0 Å². The van der Waals surface area contributed by atoms with Gasteiger partial charge in [0.15, 0.2) is 0 Å². The van der Waals surface area contributed by atoms with Gasteiger partial charge >= 0.3 is 11.9 Å². The summed E-state index contributed by atoms with van der Waals surface area (Å²) >= 11 is 0. The maximum Gasteiger partial charge on any atom is 0.311 e. The van der Waals surface area contributed by atoms with Crippen LogP contribution in [-0.4, -0.2) is 62.8 Å². The van der Waals surface area contributed by atoms with Gasteiger partial charge in [-0.05, 0) is 97.2 Å². The number of hydrogen-bond donors (Lipinski definition) is 0. The minimum absolute atomic E-state index is 0.0790. The monoisotopic (exact) mass is 678 g/mol. The second-order valence-corrected chi connectivity index (χ2v) is 13.2. The lowest BCUT2D eigenvalue weighted by atomic mass is 10.0. The van der Waals surface area contributed by atoms with E-state index < -0.39 is 11.9 Å². The summed E-state index contributed by atoms with van der Waals surface area (Å²) < 4.78 is 33.0. The SMILES string of the molecule is CC(CCc1ccc(-c2ccc(OC(=O)CCC(=O)Oc3ccc(-c4ccc(CCC(C)OCC5CO5)cc4)cc3)cc2)cc1)OCC1CO1. The van der Waals surface area contributed by atoms with E-state index in [4.69, 9.17) is 28.4 Å². The molecule has 0 amide bonds. The first-order valence-electron chi connectivity index (χ1n) is 17.6. The second-order valence-electron chi connectivity index (χ2n) is 13.2. The van der Waals surface area contributed by atoms with E-state index in [1.54, 1.807) is 24.3 Å². The normalized spacial score (nSPS) is 17.5. The Morgan fingerprint density at radius 1 is 0.560 bits per heavy atom. The molecule has 0 saturated carbocycles. The molecule has 0 aliphatic carbocycles. The summed E-state index contributed by atoms with van der Waals surface area (Å²) in [5, 5.41) is 0. The van der Waals surface area contributed by atoms with Crippen LogP contribution in [0.1, 0.15) is 50.7 Å².